The summed E-state index contributed by atoms with van der Waals surface area (Å²) < 4.78 is 25.5. The predicted octanol–water partition coefficient (Wildman–Crippen LogP) is 2.32. The zero-order chi connectivity index (χ0) is 18.6. The van der Waals surface area contributed by atoms with E-state index in [1.54, 1.807) is 16.0 Å². The lowest BCUT2D eigenvalue weighted by molar-refractivity contribution is 0.101. The number of nitrogens with zero attached hydrogens (tertiary/aromatic N) is 3. The zero-order valence-electron chi connectivity index (χ0n) is 15.0. The van der Waals surface area contributed by atoms with Gasteiger partial charge < -0.3 is 0 Å². The van der Waals surface area contributed by atoms with Gasteiger partial charge in [-0.2, -0.15) is 5.10 Å². The van der Waals surface area contributed by atoms with E-state index < -0.39 is 9.84 Å². The Morgan fingerprint density at radius 1 is 1.11 bits per heavy atom. The number of nitrogens with one attached hydrogen (secondary N) is 1. The normalized spacial score (nSPS) is 23.2. The molecule has 27 heavy (non-hydrogen) atoms. The Hall–Kier alpha value is -1.74. The third kappa shape index (κ3) is 3.10. The summed E-state index contributed by atoms with van der Waals surface area (Å²) in [5, 5.41) is 8.26. The molecule has 7 nitrogen and oxygen atoms in total. The number of hydrogen-bond donors (Lipinski definition) is 1. The smallest absolute Gasteiger partial charge is 0.276 e. The van der Waals surface area contributed by atoms with Crippen LogP contribution >= 0.6 is 11.3 Å². The molecule has 1 fully saturated rings. The summed E-state index contributed by atoms with van der Waals surface area (Å²) in [7, 11) is -3.04. The molecule has 0 radical (unpaired) electrons. The van der Waals surface area contributed by atoms with E-state index in [-0.39, 0.29) is 23.5 Å². The first kappa shape index (κ1) is 17.4. The maximum Gasteiger partial charge on any atom is 0.276 e. The molecular weight excluding hydrogens is 384 g/mol. The van der Waals surface area contributed by atoms with E-state index in [1.807, 2.05) is 0 Å². The van der Waals surface area contributed by atoms with E-state index in [1.165, 1.54) is 11.3 Å². The molecule has 9 heteroatoms. The van der Waals surface area contributed by atoms with Crippen LogP contribution in [0.5, 0.6) is 0 Å². The van der Waals surface area contributed by atoms with Gasteiger partial charge in [0.15, 0.2) is 15.0 Å². The maximum absolute atomic E-state index is 13.1. The molecule has 1 N–H and O–H groups in total. The zero-order valence-corrected chi connectivity index (χ0v) is 16.7. The van der Waals surface area contributed by atoms with Gasteiger partial charge in [0.2, 0.25) is 0 Å². The van der Waals surface area contributed by atoms with Gasteiger partial charge in [0.25, 0.3) is 5.91 Å². The lowest BCUT2D eigenvalue weighted by atomic mass is 10.0. The third-order valence-electron chi connectivity index (χ3n) is 5.77. The van der Waals surface area contributed by atoms with Gasteiger partial charge in [-0.3, -0.25) is 14.8 Å². The standard InChI is InChI=1S/C18H22N4O3S2/c23-17(20-18-19-14-5-1-2-7-15(14)26-18)16-12-4-3-6-13(12)21-22(16)11-8-9-27(24,25)10-11/h11H,1-10H2,(H,19,20,23). The number of carbonyl (C=O) groups excluding carboxylic acids is 1. The number of aromatic nitrogens is 3. The van der Waals surface area contributed by atoms with E-state index in [0.29, 0.717) is 17.2 Å². The van der Waals surface area contributed by atoms with Gasteiger partial charge in [0, 0.05) is 10.4 Å². The van der Waals surface area contributed by atoms with Gasteiger partial charge in [0.05, 0.1) is 28.9 Å². The van der Waals surface area contributed by atoms with Crippen molar-refractivity contribution in [1.29, 1.82) is 0 Å². The van der Waals surface area contributed by atoms with Crippen molar-refractivity contribution in [3.05, 3.63) is 27.5 Å². The van der Waals surface area contributed by atoms with Crippen molar-refractivity contribution >= 4 is 32.2 Å². The monoisotopic (exact) mass is 406 g/mol. The van der Waals surface area contributed by atoms with Gasteiger partial charge in [0.1, 0.15) is 5.69 Å². The number of anilines is 1. The SMILES string of the molecule is O=C(Nc1nc2c(s1)CCCC2)c1c2c(nn1C1CCS(=O)(=O)C1)CCC2. The second kappa shape index (κ2) is 6.41. The molecule has 1 atom stereocenters. The Bertz CT molecular complexity index is 998. The van der Waals surface area contributed by atoms with Gasteiger partial charge in [-0.1, -0.05) is 0 Å². The van der Waals surface area contributed by atoms with Crippen LogP contribution < -0.4 is 5.32 Å². The molecule has 5 rings (SSSR count). The van der Waals surface area contributed by atoms with E-state index in [9.17, 15) is 13.2 Å². The fraction of sp³-hybridized carbons (Fsp3) is 0.611. The van der Waals surface area contributed by atoms with Crippen LogP contribution in [-0.2, 0) is 35.5 Å². The molecule has 0 aromatic carbocycles. The van der Waals surface area contributed by atoms with Crippen molar-refractivity contribution in [3.8, 4) is 0 Å². The van der Waals surface area contributed by atoms with Crippen LogP contribution in [0.25, 0.3) is 0 Å². The summed E-state index contributed by atoms with van der Waals surface area (Å²) in [6, 6.07) is -0.245. The van der Waals surface area contributed by atoms with E-state index in [4.69, 9.17) is 0 Å². The molecule has 0 spiro atoms. The number of sulfone groups is 1. The van der Waals surface area contributed by atoms with E-state index in [2.05, 4.69) is 15.4 Å². The van der Waals surface area contributed by atoms with E-state index in [0.717, 1.165) is 55.5 Å². The van der Waals surface area contributed by atoms with Gasteiger partial charge in [-0.05, 0) is 51.4 Å². The predicted molar refractivity (Wildman–Crippen MR) is 103 cm³/mol. The Balaban J connectivity index is 1.46. The summed E-state index contributed by atoms with van der Waals surface area (Å²) in [4.78, 5) is 19.0. The number of thiazole rings is 1. The lowest BCUT2D eigenvalue weighted by Crippen LogP contribution is -2.23. The minimum Gasteiger partial charge on any atom is -0.296 e. The van der Waals surface area contributed by atoms with Crippen LogP contribution in [0, 0.1) is 0 Å². The molecule has 3 aliphatic rings. The molecule has 1 unspecified atom stereocenters. The summed E-state index contributed by atoms with van der Waals surface area (Å²) in [6.07, 6.45) is 7.55. The number of aryl methyl sites for hydroxylation is 3. The van der Waals surface area contributed by atoms with Crippen molar-refractivity contribution in [2.75, 3.05) is 16.8 Å². The number of carbonyl (C=O) groups is 1. The minimum atomic E-state index is -3.04. The second-order valence-corrected chi connectivity index (χ2v) is 11.0. The summed E-state index contributed by atoms with van der Waals surface area (Å²) >= 11 is 1.56. The minimum absolute atomic E-state index is 0.0688. The Morgan fingerprint density at radius 3 is 2.70 bits per heavy atom. The molecule has 1 amide bonds. The average molecular weight is 407 g/mol. The van der Waals surface area contributed by atoms with Gasteiger partial charge in [-0.15, -0.1) is 11.3 Å². The average Bonchev–Trinajstić information content (AvgIpc) is 3.35. The van der Waals surface area contributed by atoms with Crippen molar-refractivity contribution in [1.82, 2.24) is 14.8 Å². The molecule has 2 aromatic heterocycles. The Kier molecular flexibility index (Phi) is 4.12. The molecular formula is C18H22N4O3S2. The van der Waals surface area contributed by atoms with Crippen LogP contribution in [-0.4, -0.2) is 40.6 Å². The fourth-order valence-electron chi connectivity index (χ4n) is 4.45. The van der Waals surface area contributed by atoms with Crippen LogP contribution in [0.3, 0.4) is 0 Å². The van der Waals surface area contributed by atoms with E-state index >= 15 is 0 Å². The molecule has 1 aliphatic heterocycles. The van der Waals surface area contributed by atoms with Crippen molar-refractivity contribution in [2.24, 2.45) is 0 Å². The number of fused-ring (bicyclic) bond motifs is 2. The second-order valence-electron chi connectivity index (χ2n) is 7.68. The summed E-state index contributed by atoms with van der Waals surface area (Å²) in [5.41, 5.74) is 3.58. The molecule has 2 aliphatic carbocycles. The first-order valence-electron chi connectivity index (χ1n) is 9.61. The van der Waals surface area contributed by atoms with Crippen molar-refractivity contribution in [3.63, 3.8) is 0 Å². The molecule has 3 heterocycles. The highest BCUT2D eigenvalue weighted by molar-refractivity contribution is 7.91. The Labute approximate surface area is 162 Å². The Morgan fingerprint density at radius 2 is 1.93 bits per heavy atom. The number of rotatable bonds is 3. The van der Waals surface area contributed by atoms with Gasteiger partial charge in [-0.25, -0.2) is 13.4 Å². The molecule has 2 aromatic rings. The number of hydrogen-bond acceptors (Lipinski definition) is 6. The lowest BCUT2D eigenvalue weighted by Gasteiger charge is -2.14. The third-order valence-corrected chi connectivity index (χ3v) is 8.59. The van der Waals surface area contributed by atoms with Gasteiger partial charge >= 0.3 is 0 Å². The van der Waals surface area contributed by atoms with Crippen LogP contribution in [0.1, 0.15) is 64.0 Å². The van der Waals surface area contributed by atoms with Crippen molar-refractivity contribution in [2.45, 2.75) is 57.4 Å². The van der Waals surface area contributed by atoms with Crippen LogP contribution in [0.4, 0.5) is 5.13 Å². The highest BCUT2D eigenvalue weighted by atomic mass is 32.2. The maximum atomic E-state index is 13.1. The van der Waals surface area contributed by atoms with Crippen LogP contribution in [0.15, 0.2) is 0 Å². The first-order chi connectivity index (χ1) is 13.0. The number of amides is 1. The van der Waals surface area contributed by atoms with Crippen LogP contribution in [0.2, 0.25) is 0 Å². The highest BCUT2D eigenvalue weighted by Crippen LogP contribution is 2.33. The summed E-state index contributed by atoms with van der Waals surface area (Å²) in [5.74, 6) is 0.0306. The molecule has 1 saturated heterocycles. The highest BCUT2D eigenvalue weighted by Gasteiger charge is 2.35. The topological polar surface area (TPSA) is 93.9 Å². The largest absolute Gasteiger partial charge is 0.296 e. The molecule has 0 saturated carbocycles. The first-order valence-corrected chi connectivity index (χ1v) is 12.2. The molecule has 0 bridgehead atoms. The van der Waals surface area contributed by atoms with Crippen molar-refractivity contribution < 1.29 is 13.2 Å². The fourth-order valence-corrected chi connectivity index (χ4v) is 7.18. The quantitative estimate of drug-likeness (QED) is 0.844. The molecule has 144 valence electrons. The summed E-state index contributed by atoms with van der Waals surface area (Å²) in [6.45, 7) is 0.